The molecule has 29 heavy (non-hydrogen) atoms. The van der Waals surface area contributed by atoms with Gasteiger partial charge in [-0.05, 0) is 30.7 Å². The largest absolute Gasteiger partial charge is 0.469 e. The number of fused-ring (bicyclic) bond motifs is 1. The number of hydrogen-bond donors (Lipinski definition) is 2. The number of rotatable bonds is 5. The molecule has 0 aliphatic rings. The molecule has 148 valence electrons. The molecular weight excluding hydrogens is 394 g/mol. The summed E-state index contributed by atoms with van der Waals surface area (Å²) >= 11 is 1.35. The summed E-state index contributed by atoms with van der Waals surface area (Å²) in [5, 5.41) is 12.2. The molecule has 3 heterocycles. The zero-order valence-corrected chi connectivity index (χ0v) is 16.4. The topological polar surface area (TPSA) is 129 Å². The number of aromatic nitrogens is 3. The van der Waals surface area contributed by atoms with Crippen LogP contribution in [0.5, 0.6) is 0 Å². The molecule has 4 aromatic rings. The van der Waals surface area contributed by atoms with Gasteiger partial charge in [-0.15, -0.1) is 10.2 Å². The van der Waals surface area contributed by atoms with Crippen LogP contribution in [0.2, 0.25) is 0 Å². The first-order valence-electron chi connectivity index (χ1n) is 8.64. The highest BCUT2D eigenvalue weighted by atomic mass is 32.2. The van der Waals surface area contributed by atoms with Gasteiger partial charge in [0.2, 0.25) is 11.1 Å². The van der Waals surface area contributed by atoms with Crippen LogP contribution < -0.4 is 16.8 Å². The van der Waals surface area contributed by atoms with Gasteiger partial charge >= 0.3 is 5.63 Å². The molecule has 1 aromatic carbocycles. The van der Waals surface area contributed by atoms with Crippen molar-refractivity contribution in [3.8, 4) is 11.4 Å². The van der Waals surface area contributed by atoms with Crippen molar-refractivity contribution in [2.45, 2.75) is 24.8 Å². The van der Waals surface area contributed by atoms with Crippen molar-refractivity contribution < 1.29 is 13.6 Å². The smallest absolute Gasteiger partial charge is 0.336 e. The molecule has 0 saturated carbocycles. The zero-order chi connectivity index (χ0) is 20.5. The number of nitrogens with two attached hydrogens (primary N) is 1. The number of anilines is 1. The Balaban J connectivity index is 1.62. The van der Waals surface area contributed by atoms with E-state index >= 15 is 0 Å². The summed E-state index contributed by atoms with van der Waals surface area (Å²) < 4.78 is 12.0. The van der Waals surface area contributed by atoms with Gasteiger partial charge in [0.1, 0.15) is 11.3 Å². The molecule has 4 rings (SSSR count). The van der Waals surface area contributed by atoms with E-state index in [1.54, 1.807) is 30.5 Å². The van der Waals surface area contributed by atoms with Crippen molar-refractivity contribution in [1.82, 2.24) is 14.9 Å². The van der Waals surface area contributed by atoms with Crippen LogP contribution in [0.15, 0.2) is 55.4 Å². The average molecular weight is 411 g/mol. The highest BCUT2D eigenvalue weighted by Crippen LogP contribution is 2.29. The molecule has 3 N–H and O–H groups in total. The predicted molar refractivity (Wildman–Crippen MR) is 109 cm³/mol. The van der Waals surface area contributed by atoms with Crippen molar-refractivity contribution >= 4 is 34.3 Å². The van der Waals surface area contributed by atoms with Crippen LogP contribution in [-0.4, -0.2) is 20.8 Å². The van der Waals surface area contributed by atoms with Crippen LogP contribution in [0.25, 0.3) is 22.4 Å². The second kappa shape index (κ2) is 7.47. The molecule has 10 heteroatoms. The summed E-state index contributed by atoms with van der Waals surface area (Å²) in [5.74, 6) is 7.57. The maximum Gasteiger partial charge on any atom is 0.336 e. The Morgan fingerprint density at radius 3 is 2.83 bits per heavy atom. The van der Waals surface area contributed by atoms with Crippen molar-refractivity contribution in [3.05, 3.63) is 58.3 Å². The van der Waals surface area contributed by atoms with Gasteiger partial charge in [-0.25, -0.2) is 9.47 Å². The van der Waals surface area contributed by atoms with E-state index in [4.69, 9.17) is 14.7 Å². The van der Waals surface area contributed by atoms with Gasteiger partial charge in [0.25, 0.3) is 0 Å². The standard InChI is InChI=1S/C19H17N5O4S/c1-10-14(5-6-27-10)18-22-23-19(24(18)20)29-9-12-7-17(26)28-16-8-13(21-11(2)25)3-4-15(12)16/h3-8H,9,20H2,1-2H3,(H,21,25). The summed E-state index contributed by atoms with van der Waals surface area (Å²) in [4.78, 5) is 23.2. The van der Waals surface area contributed by atoms with Crippen molar-refractivity contribution in [2.75, 3.05) is 11.2 Å². The molecule has 0 bridgehead atoms. The van der Waals surface area contributed by atoms with Gasteiger partial charge < -0.3 is 20.0 Å². The quantitative estimate of drug-likeness (QED) is 0.291. The predicted octanol–water partition coefficient (Wildman–Crippen LogP) is 2.92. The third-order valence-electron chi connectivity index (χ3n) is 4.27. The minimum atomic E-state index is -0.475. The first kappa shape index (κ1) is 18.8. The van der Waals surface area contributed by atoms with Crippen LogP contribution in [0, 0.1) is 6.92 Å². The van der Waals surface area contributed by atoms with Gasteiger partial charge in [0, 0.05) is 35.9 Å². The number of carbonyl (C=O) groups excluding carboxylic acids is 1. The van der Waals surface area contributed by atoms with Gasteiger partial charge in [-0.1, -0.05) is 11.8 Å². The van der Waals surface area contributed by atoms with Gasteiger partial charge in [0.05, 0.1) is 11.8 Å². The monoisotopic (exact) mass is 411 g/mol. The van der Waals surface area contributed by atoms with E-state index in [2.05, 4.69) is 15.5 Å². The zero-order valence-electron chi connectivity index (χ0n) is 15.6. The number of aryl methyl sites for hydroxylation is 1. The molecule has 0 unspecified atom stereocenters. The molecule has 1 amide bonds. The van der Waals surface area contributed by atoms with E-state index in [9.17, 15) is 9.59 Å². The SMILES string of the molecule is CC(=O)Nc1ccc2c(CSc3nnc(-c4ccoc4C)n3N)cc(=O)oc2c1. The van der Waals surface area contributed by atoms with Gasteiger partial charge in [-0.3, -0.25) is 4.79 Å². The van der Waals surface area contributed by atoms with Gasteiger partial charge in [0.15, 0.2) is 5.82 Å². The summed E-state index contributed by atoms with van der Waals surface area (Å²) in [7, 11) is 0. The Hall–Kier alpha value is -3.53. The molecule has 9 nitrogen and oxygen atoms in total. The van der Waals surface area contributed by atoms with Crippen LogP contribution in [-0.2, 0) is 10.5 Å². The van der Waals surface area contributed by atoms with Crippen molar-refractivity contribution in [3.63, 3.8) is 0 Å². The Bertz CT molecular complexity index is 1270. The molecule has 0 atom stereocenters. The number of nitrogens with zero attached hydrogens (tertiary/aromatic N) is 3. The first-order valence-corrected chi connectivity index (χ1v) is 9.63. The van der Waals surface area contributed by atoms with E-state index in [0.717, 1.165) is 16.5 Å². The Labute approximate surface area is 168 Å². The van der Waals surface area contributed by atoms with Crippen LogP contribution >= 0.6 is 11.8 Å². The fourth-order valence-electron chi connectivity index (χ4n) is 2.95. The molecular formula is C19H17N5O4S. The second-order valence-corrected chi connectivity index (χ2v) is 7.28. The fourth-order valence-corrected chi connectivity index (χ4v) is 3.80. The maximum atomic E-state index is 12.0. The Morgan fingerprint density at radius 1 is 1.28 bits per heavy atom. The maximum absolute atomic E-state index is 12.0. The van der Waals surface area contributed by atoms with E-state index < -0.39 is 5.63 Å². The highest BCUT2D eigenvalue weighted by Gasteiger charge is 2.16. The molecule has 0 fully saturated rings. The van der Waals surface area contributed by atoms with Crippen molar-refractivity contribution in [2.24, 2.45) is 0 Å². The number of amides is 1. The summed E-state index contributed by atoms with van der Waals surface area (Å²) in [6.45, 7) is 3.23. The van der Waals surface area contributed by atoms with Gasteiger partial charge in [-0.2, -0.15) is 0 Å². The van der Waals surface area contributed by atoms with E-state index in [1.807, 2.05) is 6.92 Å². The summed E-state index contributed by atoms with van der Waals surface area (Å²) in [6, 6.07) is 8.39. The lowest BCUT2D eigenvalue weighted by Gasteiger charge is -2.07. The molecule has 0 radical (unpaired) electrons. The van der Waals surface area contributed by atoms with Crippen LogP contribution in [0.3, 0.4) is 0 Å². The minimum Gasteiger partial charge on any atom is -0.469 e. The number of carbonyl (C=O) groups is 1. The van der Waals surface area contributed by atoms with Crippen molar-refractivity contribution in [1.29, 1.82) is 0 Å². The average Bonchev–Trinajstić information content (AvgIpc) is 3.24. The lowest BCUT2D eigenvalue weighted by atomic mass is 10.1. The summed E-state index contributed by atoms with van der Waals surface area (Å²) in [6.07, 6.45) is 1.57. The molecule has 0 spiro atoms. The van der Waals surface area contributed by atoms with Crippen LogP contribution in [0.4, 0.5) is 5.69 Å². The number of hydrogen-bond acceptors (Lipinski definition) is 8. The third kappa shape index (κ3) is 3.74. The lowest BCUT2D eigenvalue weighted by molar-refractivity contribution is -0.114. The number of benzene rings is 1. The lowest BCUT2D eigenvalue weighted by Crippen LogP contribution is -2.11. The van der Waals surface area contributed by atoms with Crippen LogP contribution in [0.1, 0.15) is 18.2 Å². The second-order valence-electron chi connectivity index (χ2n) is 6.34. The fraction of sp³-hybridized carbons (Fsp3) is 0.158. The third-order valence-corrected chi connectivity index (χ3v) is 5.26. The Morgan fingerprint density at radius 2 is 2.10 bits per heavy atom. The molecule has 0 aliphatic carbocycles. The summed E-state index contributed by atoms with van der Waals surface area (Å²) in [5.41, 5.74) is 2.00. The number of thioether (sulfide) groups is 1. The molecule has 3 aromatic heterocycles. The van der Waals surface area contributed by atoms with E-state index in [0.29, 0.717) is 33.8 Å². The van der Waals surface area contributed by atoms with E-state index in [-0.39, 0.29) is 5.91 Å². The molecule has 0 saturated heterocycles. The number of furan rings is 1. The normalized spacial score (nSPS) is 11.1. The number of nitrogens with one attached hydrogen (secondary N) is 1. The highest BCUT2D eigenvalue weighted by molar-refractivity contribution is 7.98. The first-order chi connectivity index (χ1) is 13.9. The minimum absolute atomic E-state index is 0.204. The van der Waals surface area contributed by atoms with E-state index in [1.165, 1.54) is 29.4 Å². The Kier molecular flexibility index (Phi) is 4.85. The number of nitrogen functional groups attached to an aromatic ring is 1. The molecule has 0 aliphatic heterocycles.